The van der Waals surface area contributed by atoms with Crippen LogP contribution in [0.1, 0.15) is 40.5 Å². The van der Waals surface area contributed by atoms with E-state index in [4.69, 9.17) is 9.47 Å². The molecular formula is C13H25NO7S. The molecule has 0 unspecified atom stereocenters. The number of alkyl carbamates (subject to hydrolysis) is 1. The third-order valence-corrected chi connectivity index (χ3v) is 2.77. The zero-order valence-corrected chi connectivity index (χ0v) is 14.5. The number of rotatable bonds is 8. The van der Waals surface area contributed by atoms with Gasteiger partial charge in [0, 0.05) is 6.42 Å². The summed E-state index contributed by atoms with van der Waals surface area (Å²) >= 11 is 0. The molecule has 0 aromatic rings. The van der Waals surface area contributed by atoms with Crippen LogP contribution in [0.15, 0.2) is 0 Å². The van der Waals surface area contributed by atoms with Crippen LogP contribution in [0.2, 0.25) is 0 Å². The lowest BCUT2D eigenvalue weighted by molar-refractivity contribution is -0.143. The molecule has 0 aliphatic carbocycles. The van der Waals surface area contributed by atoms with Crippen LogP contribution in [-0.2, 0) is 28.6 Å². The smallest absolute Gasteiger partial charge is 0.407 e. The van der Waals surface area contributed by atoms with Crippen molar-refractivity contribution in [2.45, 2.75) is 52.2 Å². The number of esters is 1. The van der Waals surface area contributed by atoms with Gasteiger partial charge in [-0.2, -0.15) is 8.42 Å². The van der Waals surface area contributed by atoms with Crippen molar-refractivity contribution in [3.05, 3.63) is 0 Å². The molecule has 9 heteroatoms. The Hall–Kier alpha value is -1.35. The van der Waals surface area contributed by atoms with Crippen molar-refractivity contribution < 1.29 is 31.7 Å². The number of hydrogen-bond donors (Lipinski definition) is 1. The third-order valence-electron chi connectivity index (χ3n) is 2.21. The molecule has 130 valence electrons. The quantitative estimate of drug-likeness (QED) is 0.523. The minimum atomic E-state index is -3.65. The maximum absolute atomic E-state index is 11.7. The van der Waals surface area contributed by atoms with E-state index in [9.17, 15) is 18.0 Å². The van der Waals surface area contributed by atoms with Gasteiger partial charge in [0.1, 0.15) is 5.60 Å². The fourth-order valence-electron chi connectivity index (χ4n) is 1.40. The summed E-state index contributed by atoms with van der Waals surface area (Å²) in [5.74, 6) is -0.433. The minimum Gasteiger partial charge on any atom is -0.466 e. The third kappa shape index (κ3) is 12.4. The normalized spacial score (nSPS) is 13.3. The summed E-state index contributed by atoms with van der Waals surface area (Å²) < 4.78 is 36.6. The molecule has 0 bridgehead atoms. The number of nitrogens with one attached hydrogen (secondary N) is 1. The van der Waals surface area contributed by atoms with Crippen molar-refractivity contribution in [2.75, 3.05) is 19.5 Å². The molecule has 22 heavy (non-hydrogen) atoms. The van der Waals surface area contributed by atoms with Crippen LogP contribution < -0.4 is 5.32 Å². The predicted molar refractivity (Wildman–Crippen MR) is 79.8 cm³/mol. The van der Waals surface area contributed by atoms with Gasteiger partial charge in [-0.1, -0.05) is 0 Å². The molecule has 0 aliphatic heterocycles. The lowest BCUT2D eigenvalue weighted by Gasteiger charge is -2.23. The Kier molecular flexibility index (Phi) is 8.39. The summed E-state index contributed by atoms with van der Waals surface area (Å²) in [5.41, 5.74) is -0.687. The molecule has 0 spiro atoms. The Morgan fingerprint density at radius 3 is 2.27 bits per heavy atom. The Morgan fingerprint density at radius 2 is 1.82 bits per heavy atom. The second kappa shape index (κ2) is 8.94. The molecule has 1 N–H and O–H groups in total. The monoisotopic (exact) mass is 339 g/mol. The van der Waals surface area contributed by atoms with Crippen LogP contribution >= 0.6 is 0 Å². The highest BCUT2D eigenvalue weighted by Crippen LogP contribution is 2.08. The van der Waals surface area contributed by atoms with Crippen LogP contribution in [0.4, 0.5) is 4.79 Å². The second-order valence-corrected chi connectivity index (χ2v) is 7.32. The van der Waals surface area contributed by atoms with Gasteiger partial charge in [-0.25, -0.2) is 4.79 Å². The zero-order chi connectivity index (χ0) is 17.4. The van der Waals surface area contributed by atoms with E-state index in [1.807, 2.05) is 0 Å². The van der Waals surface area contributed by atoms with Gasteiger partial charge in [-0.15, -0.1) is 0 Å². The maximum Gasteiger partial charge on any atom is 0.407 e. The van der Waals surface area contributed by atoms with Crippen molar-refractivity contribution in [1.82, 2.24) is 5.32 Å². The summed E-state index contributed by atoms with van der Waals surface area (Å²) in [6.45, 7) is 6.76. The molecule has 0 heterocycles. The molecule has 0 aliphatic rings. The first-order valence-electron chi connectivity index (χ1n) is 6.92. The summed E-state index contributed by atoms with van der Waals surface area (Å²) in [7, 11) is -3.65. The van der Waals surface area contributed by atoms with E-state index in [2.05, 4.69) is 9.50 Å². The fraction of sp³-hybridized carbons (Fsp3) is 0.846. The van der Waals surface area contributed by atoms with E-state index in [0.717, 1.165) is 6.26 Å². The molecule has 0 rings (SSSR count). The van der Waals surface area contributed by atoms with Gasteiger partial charge >= 0.3 is 12.1 Å². The standard InChI is InChI=1S/C13H25NO7S/c1-6-19-11(15)8-7-10(9-20-22(5,17)18)14-12(16)21-13(2,3)4/h10H,6-9H2,1-5H3,(H,14,16)/t10-/m1/s1. The summed E-state index contributed by atoms with van der Waals surface area (Å²) in [4.78, 5) is 23.0. The minimum absolute atomic E-state index is 0.0292. The lowest BCUT2D eigenvalue weighted by Crippen LogP contribution is -2.42. The van der Waals surface area contributed by atoms with Gasteiger partial charge in [0.2, 0.25) is 0 Å². The van der Waals surface area contributed by atoms with Crippen LogP contribution in [0.3, 0.4) is 0 Å². The van der Waals surface area contributed by atoms with Crippen molar-refractivity contribution >= 4 is 22.2 Å². The summed E-state index contributed by atoms with van der Waals surface area (Å²) in [5, 5.41) is 2.49. The molecular weight excluding hydrogens is 314 g/mol. The Morgan fingerprint density at radius 1 is 1.23 bits per heavy atom. The number of ether oxygens (including phenoxy) is 2. The van der Waals surface area contributed by atoms with E-state index in [1.54, 1.807) is 27.7 Å². The van der Waals surface area contributed by atoms with Gasteiger partial charge in [0.05, 0.1) is 25.5 Å². The predicted octanol–water partition coefficient (Wildman–Crippen LogP) is 1.20. The SMILES string of the molecule is CCOC(=O)CC[C@H](COS(C)(=O)=O)NC(=O)OC(C)(C)C. The second-order valence-electron chi connectivity index (χ2n) is 5.68. The van der Waals surface area contributed by atoms with Gasteiger partial charge < -0.3 is 14.8 Å². The molecule has 0 saturated carbocycles. The van der Waals surface area contributed by atoms with E-state index in [-0.39, 0.29) is 26.1 Å². The lowest BCUT2D eigenvalue weighted by atomic mass is 10.1. The van der Waals surface area contributed by atoms with E-state index in [1.165, 1.54) is 0 Å². The highest BCUT2D eigenvalue weighted by molar-refractivity contribution is 7.85. The van der Waals surface area contributed by atoms with Gasteiger partial charge in [0.25, 0.3) is 10.1 Å². The highest BCUT2D eigenvalue weighted by Gasteiger charge is 2.21. The van der Waals surface area contributed by atoms with Gasteiger partial charge in [-0.05, 0) is 34.1 Å². The molecule has 1 atom stereocenters. The molecule has 8 nitrogen and oxygen atoms in total. The van der Waals surface area contributed by atoms with Crippen LogP contribution in [0.5, 0.6) is 0 Å². The fourth-order valence-corrected chi connectivity index (χ4v) is 1.81. The Balaban J connectivity index is 4.57. The van der Waals surface area contributed by atoms with Gasteiger partial charge in [-0.3, -0.25) is 8.98 Å². The van der Waals surface area contributed by atoms with Crippen molar-refractivity contribution in [1.29, 1.82) is 0 Å². The largest absolute Gasteiger partial charge is 0.466 e. The number of hydrogen-bond acceptors (Lipinski definition) is 7. The summed E-state index contributed by atoms with van der Waals surface area (Å²) in [6.07, 6.45) is 0.399. The molecule has 0 aromatic heterocycles. The molecule has 0 fully saturated rings. The number of carbonyl (C=O) groups is 2. The van der Waals surface area contributed by atoms with Crippen molar-refractivity contribution in [3.63, 3.8) is 0 Å². The molecule has 1 amide bonds. The van der Waals surface area contributed by atoms with Crippen LogP contribution in [-0.4, -0.2) is 51.6 Å². The van der Waals surface area contributed by atoms with E-state index in [0.29, 0.717) is 0 Å². The van der Waals surface area contributed by atoms with Crippen molar-refractivity contribution in [3.8, 4) is 0 Å². The highest BCUT2D eigenvalue weighted by atomic mass is 32.2. The molecule has 0 aromatic carbocycles. The van der Waals surface area contributed by atoms with Crippen LogP contribution in [0.25, 0.3) is 0 Å². The maximum atomic E-state index is 11.7. The summed E-state index contributed by atoms with van der Waals surface area (Å²) in [6, 6.07) is -0.686. The van der Waals surface area contributed by atoms with E-state index >= 15 is 0 Å². The Labute approximate surface area is 131 Å². The molecule has 0 saturated heterocycles. The van der Waals surface area contributed by atoms with Crippen LogP contribution in [0, 0.1) is 0 Å². The van der Waals surface area contributed by atoms with E-state index < -0.39 is 33.8 Å². The molecule has 0 radical (unpaired) electrons. The van der Waals surface area contributed by atoms with Crippen molar-refractivity contribution in [2.24, 2.45) is 0 Å². The first kappa shape index (κ1) is 20.6. The Bertz CT molecular complexity index is 467. The van der Waals surface area contributed by atoms with Gasteiger partial charge in [0.15, 0.2) is 0 Å². The average Bonchev–Trinajstić information content (AvgIpc) is 2.29. The first-order valence-corrected chi connectivity index (χ1v) is 8.74. The zero-order valence-electron chi connectivity index (χ0n) is 13.7. The first-order chi connectivity index (χ1) is 9.93. The number of amides is 1. The average molecular weight is 339 g/mol. The topological polar surface area (TPSA) is 108 Å². The number of carbonyl (C=O) groups excluding carboxylic acids is 2.